The summed E-state index contributed by atoms with van der Waals surface area (Å²) in [6.07, 6.45) is 1.90. The van der Waals surface area contributed by atoms with Crippen molar-refractivity contribution in [1.82, 2.24) is 10.2 Å². The van der Waals surface area contributed by atoms with E-state index in [4.69, 9.17) is 9.47 Å². The van der Waals surface area contributed by atoms with Gasteiger partial charge in [-0.25, -0.2) is 8.42 Å². The molecule has 0 radical (unpaired) electrons. The first-order chi connectivity index (χ1) is 22.7. The van der Waals surface area contributed by atoms with Gasteiger partial charge in [-0.2, -0.15) is 0 Å². The maximum absolute atomic E-state index is 14.7. The van der Waals surface area contributed by atoms with E-state index in [0.717, 1.165) is 33.8 Å². The van der Waals surface area contributed by atoms with Crippen LogP contribution < -0.4 is 19.1 Å². The molecule has 10 heteroatoms. The number of rotatable bonds is 16. The minimum Gasteiger partial charge on any atom is -0.497 e. The number of nitrogens with zero attached hydrogens (tertiary/aromatic N) is 2. The van der Waals surface area contributed by atoms with E-state index < -0.39 is 28.5 Å². The Kier molecular flexibility index (Phi) is 12.4. The van der Waals surface area contributed by atoms with Crippen LogP contribution in [0.5, 0.6) is 11.5 Å². The Balaban J connectivity index is 1.82. The van der Waals surface area contributed by atoms with Gasteiger partial charge in [0, 0.05) is 19.5 Å². The largest absolute Gasteiger partial charge is 0.497 e. The van der Waals surface area contributed by atoms with Crippen LogP contribution in [0.2, 0.25) is 0 Å². The number of carbonyl (C=O) groups excluding carboxylic acids is 2. The van der Waals surface area contributed by atoms with Crippen molar-refractivity contribution in [2.24, 2.45) is 0 Å². The van der Waals surface area contributed by atoms with Crippen molar-refractivity contribution >= 4 is 27.5 Å². The number of hydrogen-bond donors (Lipinski definition) is 1. The maximum Gasteiger partial charge on any atom is 0.264 e. The number of amides is 2. The highest BCUT2D eigenvalue weighted by atomic mass is 32.2. The standard InChI is InChI=1S/C37H43N3O6S/c1-5-6-23-38-37(42)34(25-29-13-8-7-9-14-29)39(26-30-15-12-16-31(24-30)45-3)36(41)27-40(33-17-10-11-18-35(33)46-4)47(43,44)32-21-19-28(2)20-22-32/h7-22,24,34H,5-6,23,25-27H2,1-4H3,(H,38,42). The SMILES string of the molecule is CCCCNC(=O)C(Cc1ccccc1)N(Cc1cccc(OC)c1)C(=O)CN(c1ccccc1OC)S(=O)(=O)c1ccc(C)cc1. The van der Waals surface area contributed by atoms with Gasteiger partial charge in [0.1, 0.15) is 24.1 Å². The third-order valence-corrected chi connectivity index (χ3v) is 9.60. The third kappa shape index (κ3) is 9.13. The molecule has 0 spiro atoms. The first-order valence-electron chi connectivity index (χ1n) is 15.6. The number of aryl methyl sites for hydroxylation is 1. The molecule has 1 atom stereocenters. The second kappa shape index (κ2) is 16.6. The molecule has 4 aromatic rings. The second-order valence-corrected chi connectivity index (χ2v) is 13.1. The van der Waals surface area contributed by atoms with Gasteiger partial charge in [0.25, 0.3) is 10.0 Å². The van der Waals surface area contributed by atoms with Crippen molar-refractivity contribution in [3.05, 3.63) is 120 Å². The fraction of sp³-hybridized carbons (Fsp3) is 0.297. The van der Waals surface area contributed by atoms with Crippen LogP contribution in [-0.4, -0.2) is 58.5 Å². The van der Waals surface area contributed by atoms with Crippen molar-refractivity contribution < 1.29 is 27.5 Å². The van der Waals surface area contributed by atoms with E-state index in [1.54, 1.807) is 55.6 Å². The maximum atomic E-state index is 14.7. The van der Waals surface area contributed by atoms with E-state index >= 15 is 0 Å². The predicted octanol–water partition coefficient (Wildman–Crippen LogP) is 5.76. The zero-order valence-corrected chi connectivity index (χ0v) is 28.2. The van der Waals surface area contributed by atoms with Crippen molar-refractivity contribution in [2.45, 2.75) is 50.6 Å². The molecule has 0 heterocycles. The van der Waals surface area contributed by atoms with Gasteiger partial charge in [-0.15, -0.1) is 0 Å². The Labute approximate surface area is 278 Å². The molecule has 47 heavy (non-hydrogen) atoms. The third-order valence-electron chi connectivity index (χ3n) is 7.83. The zero-order valence-electron chi connectivity index (χ0n) is 27.4. The van der Waals surface area contributed by atoms with Gasteiger partial charge in [0.2, 0.25) is 11.8 Å². The lowest BCUT2D eigenvalue weighted by Gasteiger charge is -2.34. The first-order valence-corrected chi connectivity index (χ1v) is 17.1. The lowest BCUT2D eigenvalue weighted by molar-refractivity contribution is -0.140. The molecule has 0 aromatic heterocycles. The molecule has 4 aromatic carbocycles. The Hall–Kier alpha value is -4.83. The Morgan fingerprint density at radius 3 is 2.19 bits per heavy atom. The van der Waals surface area contributed by atoms with Gasteiger partial charge >= 0.3 is 0 Å². The quantitative estimate of drug-likeness (QED) is 0.154. The molecular formula is C37H43N3O6S. The topological polar surface area (TPSA) is 105 Å². The average molecular weight is 658 g/mol. The van der Waals surface area contributed by atoms with Crippen LogP contribution in [0.15, 0.2) is 108 Å². The molecule has 0 fully saturated rings. The molecule has 1 N–H and O–H groups in total. The van der Waals surface area contributed by atoms with Gasteiger partial charge in [-0.1, -0.05) is 85.6 Å². The van der Waals surface area contributed by atoms with Crippen LogP contribution >= 0.6 is 0 Å². The fourth-order valence-electron chi connectivity index (χ4n) is 5.21. The molecule has 248 valence electrons. The van der Waals surface area contributed by atoms with Crippen molar-refractivity contribution in [2.75, 3.05) is 31.6 Å². The molecule has 0 saturated heterocycles. The number of methoxy groups -OCH3 is 2. The summed E-state index contributed by atoms with van der Waals surface area (Å²) in [4.78, 5) is 30.1. The lowest BCUT2D eigenvalue weighted by Crippen LogP contribution is -2.53. The molecular weight excluding hydrogens is 614 g/mol. The van der Waals surface area contributed by atoms with Gasteiger partial charge in [-0.05, 0) is 60.9 Å². The number of nitrogens with one attached hydrogen (secondary N) is 1. The number of para-hydroxylation sites is 2. The van der Waals surface area contributed by atoms with Gasteiger partial charge in [0.05, 0.1) is 24.8 Å². The first kappa shape index (κ1) is 35.0. The molecule has 0 aliphatic heterocycles. The van der Waals surface area contributed by atoms with Crippen LogP contribution in [-0.2, 0) is 32.6 Å². The molecule has 4 rings (SSSR count). The lowest BCUT2D eigenvalue weighted by atomic mass is 10.0. The summed E-state index contributed by atoms with van der Waals surface area (Å²) >= 11 is 0. The molecule has 0 bridgehead atoms. The summed E-state index contributed by atoms with van der Waals surface area (Å²) in [7, 11) is -1.25. The molecule has 1 unspecified atom stereocenters. The number of ether oxygens (including phenoxy) is 2. The summed E-state index contributed by atoms with van der Waals surface area (Å²) in [6.45, 7) is 3.82. The van der Waals surface area contributed by atoms with Gasteiger partial charge in [-0.3, -0.25) is 13.9 Å². The summed E-state index contributed by atoms with van der Waals surface area (Å²) in [6, 6.07) is 28.9. The van der Waals surface area contributed by atoms with Crippen LogP contribution in [0.3, 0.4) is 0 Å². The molecule has 2 amide bonds. The summed E-state index contributed by atoms with van der Waals surface area (Å²) in [5.41, 5.74) is 2.69. The van der Waals surface area contributed by atoms with E-state index in [-0.39, 0.29) is 35.2 Å². The van der Waals surface area contributed by atoms with E-state index in [2.05, 4.69) is 5.32 Å². The Morgan fingerprint density at radius 1 is 0.830 bits per heavy atom. The van der Waals surface area contributed by atoms with E-state index in [1.165, 1.54) is 24.1 Å². The van der Waals surface area contributed by atoms with Crippen molar-refractivity contribution in [1.29, 1.82) is 0 Å². The van der Waals surface area contributed by atoms with Crippen LogP contribution in [0.4, 0.5) is 5.69 Å². The van der Waals surface area contributed by atoms with E-state index in [0.29, 0.717) is 12.3 Å². The fourth-order valence-corrected chi connectivity index (χ4v) is 6.64. The number of benzene rings is 4. The number of sulfonamides is 1. The summed E-state index contributed by atoms with van der Waals surface area (Å²) < 4.78 is 40.6. The number of unbranched alkanes of at least 4 members (excludes halogenated alkanes) is 1. The number of hydrogen-bond acceptors (Lipinski definition) is 6. The Bertz CT molecular complexity index is 1730. The Morgan fingerprint density at radius 2 is 1.51 bits per heavy atom. The van der Waals surface area contributed by atoms with Gasteiger partial charge < -0.3 is 19.7 Å². The van der Waals surface area contributed by atoms with Crippen LogP contribution in [0.1, 0.15) is 36.5 Å². The monoisotopic (exact) mass is 657 g/mol. The number of anilines is 1. The van der Waals surface area contributed by atoms with E-state index in [1.807, 2.05) is 56.3 Å². The minimum atomic E-state index is -4.25. The number of carbonyl (C=O) groups is 2. The van der Waals surface area contributed by atoms with Gasteiger partial charge in [0.15, 0.2) is 0 Å². The predicted molar refractivity (Wildman–Crippen MR) is 184 cm³/mol. The zero-order chi connectivity index (χ0) is 33.8. The van der Waals surface area contributed by atoms with E-state index in [9.17, 15) is 18.0 Å². The van der Waals surface area contributed by atoms with Crippen molar-refractivity contribution in [3.8, 4) is 11.5 Å². The highest BCUT2D eigenvalue weighted by Crippen LogP contribution is 2.33. The molecule has 0 saturated carbocycles. The minimum absolute atomic E-state index is 0.0271. The molecule has 9 nitrogen and oxygen atoms in total. The highest BCUT2D eigenvalue weighted by molar-refractivity contribution is 7.92. The van der Waals surface area contributed by atoms with Crippen LogP contribution in [0, 0.1) is 6.92 Å². The average Bonchev–Trinajstić information content (AvgIpc) is 3.09. The summed E-state index contributed by atoms with van der Waals surface area (Å²) in [5, 5.41) is 3.00. The van der Waals surface area contributed by atoms with Crippen LogP contribution in [0.25, 0.3) is 0 Å². The highest BCUT2D eigenvalue weighted by Gasteiger charge is 2.35. The summed E-state index contributed by atoms with van der Waals surface area (Å²) in [5.74, 6) is 0.0118. The normalized spacial score (nSPS) is 11.7. The second-order valence-electron chi connectivity index (χ2n) is 11.2. The smallest absolute Gasteiger partial charge is 0.264 e. The molecule has 0 aliphatic carbocycles. The molecule has 0 aliphatic rings. The van der Waals surface area contributed by atoms with Crippen molar-refractivity contribution in [3.63, 3.8) is 0 Å².